The fourth-order valence-electron chi connectivity index (χ4n) is 3.10. The standard InChI is InChI=1S/C15H31N3/c1-14(2,3)17-10-9-16-12-18(15(4,5)6)8-7-13(16)11-17/h13H,7-12H2,1-6H3. The van der Waals surface area contributed by atoms with E-state index in [4.69, 9.17) is 0 Å². The van der Waals surface area contributed by atoms with Crippen LogP contribution in [-0.2, 0) is 0 Å². The van der Waals surface area contributed by atoms with Gasteiger partial charge in [-0.05, 0) is 48.0 Å². The van der Waals surface area contributed by atoms with Crippen LogP contribution in [0.5, 0.6) is 0 Å². The summed E-state index contributed by atoms with van der Waals surface area (Å²) in [5.41, 5.74) is 0.638. The average molecular weight is 253 g/mol. The van der Waals surface area contributed by atoms with E-state index < -0.39 is 0 Å². The maximum Gasteiger partial charge on any atom is 0.0514 e. The van der Waals surface area contributed by atoms with Crippen molar-refractivity contribution in [3.63, 3.8) is 0 Å². The van der Waals surface area contributed by atoms with Crippen LogP contribution >= 0.6 is 0 Å². The van der Waals surface area contributed by atoms with Crippen LogP contribution in [0.3, 0.4) is 0 Å². The van der Waals surface area contributed by atoms with Gasteiger partial charge in [0.2, 0.25) is 0 Å². The fourth-order valence-corrected chi connectivity index (χ4v) is 3.10. The smallest absolute Gasteiger partial charge is 0.0514 e. The number of hydrogen-bond acceptors (Lipinski definition) is 3. The molecule has 1 unspecified atom stereocenters. The first-order valence-electron chi connectivity index (χ1n) is 7.42. The third-order valence-corrected chi connectivity index (χ3v) is 4.59. The molecule has 0 radical (unpaired) electrons. The molecule has 0 saturated carbocycles. The lowest BCUT2D eigenvalue weighted by molar-refractivity contribution is -0.0618. The maximum absolute atomic E-state index is 2.69. The van der Waals surface area contributed by atoms with Crippen LogP contribution in [-0.4, -0.2) is 64.7 Å². The van der Waals surface area contributed by atoms with Crippen LogP contribution < -0.4 is 0 Å². The Kier molecular flexibility index (Phi) is 3.79. The Morgan fingerprint density at radius 3 is 1.94 bits per heavy atom. The Bertz CT molecular complexity index is 257. The molecule has 0 amide bonds. The number of hydrogen-bond donors (Lipinski definition) is 0. The van der Waals surface area contributed by atoms with Crippen LogP contribution in [0.15, 0.2) is 0 Å². The van der Waals surface area contributed by atoms with E-state index in [2.05, 4.69) is 56.2 Å². The minimum atomic E-state index is 0.312. The van der Waals surface area contributed by atoms with Crippen LogP contribution in [0.25, 0.3) is 0 Å². The summed E-state index contributed by atoms with van der Waals surface area (Å²) in [4.78, 5) is 7.97. The highest BCUT2D eigenvalue weighted by Gasteiger charge is 2.37. The molecule has 2 fully saturated rings. The summed E-state index contributed by atoms with van der Waals surface area (Å²) in [7, 11) is 0. The summed E-state index contributed by atoms with van der Waals surface area (Å²) in [6.07, 6.45) is 1.32. The molecule has 2 heterocycles. The molecule has 0 aromatic carbocycles. The summed E-state index contributed by atoms with van der Waals surface area (Å²) in [6.45, 7) is 20.1. The molecule has 0 spiro atoms. The van der Waals surface area contributed by atoms with Crippen LogP contribution in [0.4, 0.5) is 0 Å². The van der Waals surface area contributed by atoms with Crippen molar-refractivity contribution in [2.45, 2.75) is 65.1 Å². The van der Waals surface area contributed by atoms with Gasteiger partial charge in [0.1, 0.15) is 0 Å². The van der Waals surface area contributed by atoms with Crippen LogP contribution in [0, 0.1) is 0 Å². The molecule has 2 aliphatic heterocycles. The zero-order valence-corrected chi connectivity index (χ0v) is 13.2. The highest BCUT2D eigenvalue weighted by Crippen LogP contribution is 2.26. The van der Waals surface area contributed by atoms with Crippen molar-refractivity contribution in [3.05, 3.63) is 0 Å². The van der Waals surface area contributed by atoms with E-state index in [1.54, 1.807) is 0 Å². The Hall–Kier alpha value is -0.120. The van der Waals surface area contributed by atoms with Crippen LogP contribution in [0.1, 0.15) is 48.0 Å². The second-order valence-electron chi connectivity index (χ2n) is 7.95. The SMILES string of the molecule is CC(C)(C)N1CCN2CN(C(C)(C)C)CCC2C1. The number of fused-ring (bicyclic) bond motifs is 1. The lowest BCUT2D eigenvalue weighted by atomic mass is 9.97. The minimum absolute atomic E-state index is 0.312. The Balaban J connectivity index is 1.96. The van der Waals surface area contributed by atoms with Gasteiger partial charge < -0.3 is 0 Å². The molecule has 18 heavy (non-hydrogen) atoms. The topological polar surface area (TPSA) is 9.72 Å². The van der Waals surface area contributed by atoms with Crippen molar-refractivity contribution in [2.75, 3.05) is 32.8 Å². The molecule has 0 aliphatic carbocycles. The first-order chi connectivity index (χ1) is 8.18. The maximum atomic E-state index is 2.69. The number of rotatable bonds is 0. The predicted molar refractivity (Wildman–Crippen MR) is 77.8 cm³/mol. The van der Waals surface area contributed by atoms with Crippen molar-refractivity contribution in [1.29, 1.82) is 0 Å². The lowest BCUT2D eigenvalue weighted by Gasteiger charge is -2.53. The Morgan fingerprint density at radius 1 is 0.778 bits per heavy atom. The molecule has 3 nitrogen and oxygen atoms in total. The van der Waals surface area contributed by atoms with Crippen molar-refractivity contribution in [1.82, 2.24) is 14.7 Å². The van der Waals surface area contributed by atoms with E-state index in [9.17, 15) is 0 Å². The first-order valence-corrected chi connectivity index (χ1v) is 7.42. The second kappa shape index (κ2) is 4.77. The van der Waals surface area contributed by atoms with Gasteiger partial charge >= 0.3 is 0 Å². The summed E-state index contributed by atoms with van der Waals surface area (Å²) < 4.78 is 0. The highest BCUT2D eigenvalue weighted by atomic mass is 15.4. The second-order valence-corrected chi connectivity index (χ2v) is 7.95. The predicted octanol–water partition coefficient (Wildman–Crippen LogP) is 2.23. The molecule has 1 atom stereocenters. The molecule has 0 aromatic rings. The molecule has 2 aliphatic rings. The molecular formula is C15H31N3. The first kappa shape index (κ1) is 14.3. The average Bonchev–Trinajstić information content (AvgIpc) is 2.25. The molecular weight excluding hydrogens is 222 g/mol. The lowest BCUT2D eigenvalue weighted by Crippen LogP contribution is -2.64. The van der Waals surface area contributed by atoms with E-state index in [0.29, 0.717) is 11.1 Å². The fraction of sp³-hybridized carbons (Fsp3) is 1.00. The zero-order valence-electron chi connectivity index (χ0n) is 13.2. The zero-order chi connectivity index (χ0) is 13.6. The Labute approximate surface area is 113 Å². The van der Waals surface area contributed by atoms with Gasteiger partial charge in [0, 0.05) is 43.3 Å². The molecule has 0 bridgehead atoms. The molecule has 0 N–H and O–H groups in total. The third kappa shape index (κ3) is 3.06. The normalized spacial score (nSPS) is 29.3. The van der Waals surface area contributed by atoms with E-state index in [0.717, 1.165) is 12.7 Å². The van der Waals surface area contributed by atoms with Gasteiger partial charge in [-0.1, -0.05) is 0 Å². The monoisotopic (exact) mass is 253 g/mol. The quantitative estimate of drug-likeness (QED) is 0.655. The van der Waals surface area contributed by atoms with Gasteiger partial charge in [-0.2, -0.15) is 0 Å². The summed E-state index contributed by atoms with van der Waals surface area (Å²) in [5.74, 6) is 0. The summed E-state index contributed by atoms with van der Waals surface area (Å²) in [5, 5.41) is 0. The van der Waals surface area contributed by atoms with E-state index in [-0.39, 0.29) is 0 Å². The van der Waals surface area contributed by atoms with Crippen molar-refractivity contribution >= 4 is 0 Å². The van der Waals surface area contributed by atoms with Gasteiger partial charge in [-0.3, -0.25) is 14.7 Å². The van der Waals surface area contributed by atoms with E-state index >= 15 is 0 Å². The molecule has 106 valence electrons. The number of nitrogens with zero attached hydrogens (tertiary/aromatic N) is 3. The van der Waals surface area contributed by atoms with Crippen molar-refractivity contribution in [3.8, 4) is 0 Å². The molecule has 2 rings (SSSR count). The minimum Gasteiger partial charge on any atom is -0.296 e. The van der Waals surface area contributed by atoms with Gasteiger partial charge in [0.15, 0.2) is 0 Å². The van der Waals surface area contributed by atoms with Gasteiger partial charge in [-0.15, -0.1) is 0 Å². The van der Waals surface area contributed by atoms with Crippen LogP contribution in [0.2, 0.25) is 0 Å². The molecule has 3 heteroatoms. The van der Waals surface area contributed by atoms with Gasteiger partial charge in [0.05, 0.1) is 6.67 Å². The number of piperazine rings is 1. The highest BCUT2D eigenvalue weighted by molar-refractivity contribution is 4.92. The van der Waals surface area contributed by atoms with Gasteiger partial charge in [-0.25, -0.2) is 0 Å². The van der Waals surface area contributed by atoms with Gasteiger partial charge in [0.25, 0.3) is 0 Å². The van der Waals surface area contributed by atoms with E-state index in [1.165, 1.54) is 32.6 Å². The van der Waals surface area contributed by atoms with E-state index in [1.807, 2.05) is 0 Å². The van der Waals surface area contributed by atoms with Crippen molar-refractivity contribution in [2.24, 2.45) is 0 Å². The molecule has 0 aromatic heterocycles. The molecule has 2 saturated heterocycles. The Morgan fingerprint density at radius 2 is 1.39 bits per heavy atom. The van der Waals surface area contributed by atoms with Crippen molar-refractivity contribution < 1.29 is 0 Å². The third-order valence-electron chi connectivity index (χ3n) is 4.59. The largest absolute Gasteiger partial charge is 0.296 e. The summed E-state index contributed by atoms with van der Waals surface area (Å²) in [6, 6.07) is 0.775. The summed E-state index contributed by atoms with van der Waals surface area (Å²) >= 11 is 0.